The molecule has 0 aliphatic heterocycles. The highest BCUT2D eigenvalue weighted by molar-refractivity contribution is 6.16. The minimum atomic E-state index is -1.25. The number of carbonyl (C=O) groups is 2. The maximum Gasteiger partial charge on any atom is 0.342 e. The fourth-order valence-electron chi connectivity index (χ4n) is 0.544. The number of aliphatic carboxylic acids is 1. The van der Waals surface area contributed by atoms with Crippen LogP contribution >= 0.6 is 0 Å². The van der Waals surface area contributed by atoms with Crippen molar-refractivity contribution in [3.8, 4) is 0 Å². The zero-order valence-corrected chi connectivity index (χ0v) is 6.46. The van der Waals surface area contributed by atoms with E-state index in [1.54, 1.807) is 6.92 Å². The average molecular weight is 158 g/mol. The Kier molecular flexibility index (Phi) is 3.95. The van der Waals surface area contributed by atoms with Crippen molar-refractivity contribution < 1.29 is 19.4 Å². The van der Waals surface area contributed by atoms with Crippen LogP contribution in [0, 0.1) is 0 Å². The molecule has 0 amide bonds. The molecule has 0 aliphatic carbocycles. The van der Waals surface area contributed by atoms with E-state index in [-0.39, 0.29) is 12.0 Å². The molecule has 1 N–H and O–H groups in total. The summed E-state index contributed by atoms with van der Waals surface area (Å²) in [6, 6.07) is 0. The molecule has 0 saturated carbocycles. The van der Waals surface area contributed by atoms with E-state index < -0.39 is 11.8 Å². The number of rotatable bonds is 4. The van der Waals surface area contributed by atoms with Crippen molar-refractivity contribution in [3.63, 3.8) is 0 Å². The van der Waals surface area contributed by atoms with Gasteiger partial charge in [0.1, 0.15) is 11.8 Å². The lowest BCUT2D eigenvalue weighted by molar-refractivity contribution is -0.134. The van der Waals surface area contributed by atoms with Crippen LogP contribution in [0.25, 0.3) is 0 Å². The van der Waals surface area contributed by atoms with Crippen molar-refractivity contribution in [2.75, 3.05) is 7.11 Å². The highest BCUT2D eigenvalue weighted by atomic mass is 16.5. The van der Waals surface area contributed by atoms with Gasteiger partial charge in [-0.25, -0.2) is 4.79 Å². The lowest BCUT2D eigenvalue weighted by Crippen LogP contribution is -2.11. The second-order valence-electron chi connectivity index (χ2n) is 1.85. The molecule has 0 radical (unpaired) electrons. The molecule has 0 rings (SSSR count). The Labute approximate surface area is 64.5 Å². The number of hydrogen-bond donors (Lipinski definition) is 1. The molecule has 0 aliphatic rings. The Hall–Kier alpha value is -1.32. The lowest BCUT2D eigenvalue weighted by Gasteiger charge is -1.96. The van der Waals surface area contributed by atoms with E-state index >= 15 is 0 Å². The van der Waals surface area contributed by atoms with Crippen molar-refractivity contribution >= 4 is 11.8 Å². The first-order chi connectivity index (χ1) is 5.13. The van der Waals surface area contributed by atoms with E-state index in [1.807, 2.05) is 0 Å². The van der Waals surface area contributed by atoms with Crippen LogP contribution in [-0.2, 0) is 14.3 Å². The minimum absolute atomic E-state index is 0.168. The van der Waals surface area contributed by atoms with Crippen LogP contribution in [-0.4, -0.2) is 24.0 Å². The second kappa shape index (κ2) is 4.49. The number of ether oxygens (including phenoxy) is 1. The van der Waals surface area contributed by atoms with Crippen molar-refractivity contribution in [3.05, 3.63) is 11.8 Å². The van der Waals surface area contributed by atoms with Gasteiger partial charge in [0.15, 0.2) is 5.78 Å². The number of carboxylic acids is 1. The van der Waals surface area contributed by atoms with E-state index in [1.165, 1.54) is 7.11 Å². The number of carboxylic acid groups (broad SMARTS) is 1. The number of ketones is 1. The molecule has 0 aromatic rings. The first-order valence-corrected chi connectivity index (χ1v) is 3.13. The highest BCUT2D eigenvalue weighted by Gasteiger charge is 2.14. The van der Waals surface area contributed by atoms with Crippen LogP contribution in [0.3, 0.4) is 0 Å². The Morgan fingerprint density at radius 3 is 2.36 bits per heavy atom. The molecule has 0 aromatic carbocycles. The van der Waals surface area contributed by atoms with Gasteiger partial charge >= 0.3 is 5.97 Å². The molecule has 4 heteroatoms. The normalized spacial score (nSPS) is 10.9. The zero-order chi connectivity index (χ0) is 8.85. The molecular formula is C7H10O4. The standard InChI is InChI=1S/C7H10O4/c1-3-6(8)5(4-11-2)7(9)10/h4H,3H2,1-2H3,(H,9,10)/b5-4-. The Balaban J connectivity index is 4.48. The highest BCUT2D eigenvalue weighted by Crippen LogP contribution is 1.99. The van der Waals surface area contributed by atoms with Crippen LogP contribution in [0.5, 0.6) is 0 Å². The zero-order valence-electron chi connectivity index (χ0n) is 6.46. The van der Waals surface area contributed by atoms with Crippen LogP contribution in [0.15, 0.2) is 11.8 Å². The van der Waals surface area contributed by atoms with E-state index in [9.17, 15) is 9.59 Å². The largest absolute Gasteiger partial charge is 0.503 e. The molecular weight excluding hydrogens is 148 g/mol. The Morgan fingerprint density at radius 1 is 1.55 bits per heavy atom. The molecule has 0 bridgehead atoms. The molecule has 4 nitrogen and oxygen atoms in total. The summed E-state index contributed by atoms with van der Waals surface area (Å²) >= 11 is 0. The van der Waals surface area contributed by atoms with Gasteiger partial charge in [-0.2, -0.15) is 0 Å². The topological polar surface area (TPSA) is 63.6 Å². The van der Waals surface area contributed by atoms with Crippen molar-refractivity contribution in [2.45, 2.75) is 13.3 Å². The summed E-state index contributed by atoms with van der Waals surface area (Å²) in [4.78, 5) is 21.1. The van der Waals surface area contributed by atoms with Gasteiger partial charge in [-0.15, -0.1) is 0 Å². The molecule has 0 heterocycles. The number of carbonyl (C=O) groups excluding carboxylic acids is 1. The molecule has 0 spiro atoms. The third-order valence-electron chi connectivity index (χ3n) is 1.09. The van der Waals surface area contributed by atoms with Gasteiger partial charge < -0.3 is 9.84 Å². The smallest absolute Gasteiger partial charge is 0.342 e. The average Bonchev–Trinajstić information content (AvgIpc) is 1.98. The predicted octanol–water partition coefficient (Wildman–Crippen LogP) is 0.580. The fourth-order valence-corrected chi connectivity index (χ4v) is 0.544. The molecule has 62 valence electrons. The van der Waals surface area contributed by atoms with E-state index in [4.69, 9.17) is 5.11 Å². The van der Waals surface area contributed by atoms with E-state index in [0.717, 1.165) is 6.26 Å². The van der Waals surface area contributed by atoms with Gasteiger partial charge in [-0.1, -0.05) is 6.92 Å². The summed E-state index contributed by atoms with van der Waals surface area (Å²) in [5.74, 6) is -1.68. The van der Waals surface area contributed by atoms with Gasteiger partial charge in [-0.05, 0) is 0 Å². The van der Waals surface area contributed by atoms with Crippen LogP contribution < -0.4 is 0 Å². The first-order valence-electron chi connectivity index (χ1n) is 3.13. The quantitative estimate of drug-likeness (QED) is 0.281. The van der Waals surface area contributed by atoms with Crippen molar-refractivity contribution in [2.24, 2.45) is 0 Å². The number of methoxy groups -OCH3 is 1. The molecule has 11 heavy (non-hydrogen) atoms. The number of Topliss-reactive ketones (excluding diaryl/α,β-unsaturated/α-hetero) is 1. The first kappa shape index (κ1) is 9.68. The summed E-state index contributed by atoms with van der Waals surface area (Å²) in [6.07, 6.45) is 1.11. The molecule has 0 fully saturated rings. The number of hydrogen-bond acceptors (Lipinski definition) is 3. The van der Waals surface area contributed by atoms with Gasteiger partial charge in [0, 0.05) is 6.42 Å². The van der Waals surface area contributed by atoms with Gasteiger partial charge in [0.05, 0.1) is 7.11 Å². The monoisotopic (exact) mass is 158 g/mol. The third-order valence-corrected chi connectivity index (χ3v) is 1.09. The lowest BCUT2D eigenvalue weighted by atomic mass is 10.1. The minimum Gasteiger partial charge on any atom is -0.503 e. The van der Waals surface area contributed by atoms with Gasteiger partial charge in [0.2, 0.25) is 0 Å². The molecule has 0 aromatic heterocycles. The Bertz CT molecular complexity index is 193. The van der Waals surface area contributed by atoms with E-state index in [0.29, 0.717) is 0 Å². The van der Waals surface area contributed by atoms with Crippen LogP contribution in [0.4, 0.5) is 0 Å². The van der Waals surface area contributed by atoms with E-state index in [2.05, 4.69) is 4.74 Å². The second-order valence-corrected chi connectivity index (χ2v) is 1.85. The van der Waals surface area contributed by atoms with Crippen LogP contribution in [0.1, 0.15) is 13.3 Å². The summed E-state index contributed by atoms with van der Waals surface area (Å²) in [6.45, 7) is 1.59. The SMILES string of the molecule is CCC(=O)/C(=C/OC)C(=O)O. The molecule has 0 atom stereocenters. The van der Waals surface area contributed by atoms with Crippen LogP contribution in [0.2, 0.25) is 0 Å². The summed E-state index contributed by atoms with van der Waals surface area (Å²) in [5, 5.41) is 8.44. The maximum atomic E-state index is 10.8. The van der Waals surface area contributed by atoms with Crippen molar-refractivity contribution in [1.82, 2.24) is 0 Å². The summed E-state index contributed by atoms with van der Waals surface area (Å²) in [7, 11) is 1.30. The molecule has 0 unspecified atom stereocenters. The fraction of sp³-hybridized carbons (Fsp3) is 0.429. The molecule has 0 saturated heterocycles. The maximum absolute atomic E-state index is 10.8. The van der Waals surface area contributed by atoms with Gasteiger partial charge in [-0.3, -0.25) is 4.79 Å². The van der Waals surface area contributed by atoms with Crippen molar-refractivity contribution in [1.29, 1.82) is 0 Å². The summed E-state index contributed by atoms with van der Waals surface area (Å²) in [5.41, 5.74) is -0.310. The predicted molar refractivity (Wildman–Crippen MR) is 38.0 cm³/mol. The third kappa shape index (κ3) is 2.84. The van der Waals surface area contributed by atoms with Gasteiger partial charge in [0.25, 0.3) is 0 Å². The Morgan fingerprint density at radius 2 is 2.09 bits per heavy atom. The summed E-state index contributed by atoms with van der Waals surface area (Å²) < 4.78 is 4.42.